The molecule has 7 N–H and O–H groups in total. The number of likely N-dealkylation sites (N-methyl/N-ethyl adjacent to an activating group) is 1. The number of aliphatic carboxylic acids is 2. The number of esters is 6. The van der Waals surface area contributed by atoms with Crippen molar-refractivity contribution in [1.29, 1.82) is 0 Å². The van der Waals surface area contributed by atoms with Crippen LogP contribution in [0.4, 0.5) is 0 Å². The molecule has 18 bridgehead atoms. The van der Waals surface area contributed by atoms with Gasteiger partial charge in [0.2, 0.25) is 0 Å². The van der Waals surface area contributed by atoms with E-state index in [1.165, 1.54) is 42.7 Å². The summed E-state index contributed by atoms with van der Waals surface area (Å²) in [5.74, 6) is -7.45. The van der Waals surface area contributed by atoms with Crippen LogP contribution in [0, 0.1) is 39.5 Å². The number of para-hydroxylation sites is 2. The topological polar surface area (TPSA) is 425 Å². The van der Waals surface area contributed by atoms with Gasteiger partial charge in [-0.2, -0.15) is 0 Å². The number of fused-ring (bicyclic) bond motifs is 35. The Morgan fingerprint density at radius 3 is 1.40 bits per heavy atom. The number of benzene rings is 4. The van der Waals surface area contributed by atoms with E-state index < -0.39 is 76.5 Å². The lowest BCUT2D eigenvalue weighted by atomic mass is 9.64. The number of carbonyl (C=O) groups excluding carboxylic acids is 8. The molecule has 0 spiro atoms. The van der Waals surface area contributed by atoms with Crippen LogP contribution in [0.5, 0.6) is 0 Å². The monoisotopic (exact) mass is 2010 g/mol. The maximum absolute atomic E-state index is 13.9. The number of amides is 2. The predicted octanol–water partition coefficient (Wildman–Crippen LogP) is 19.3. The first kappa shape index (κ1) is 101. The largest absolute Gasteiger partial charge is 0.481 e. The molecule has 9 aliphatic rings. The second-order valence-electron chi connectivity index (χ2n) is 39.1. The number of rotatable bonds is 21. The molecule has 21 rings (SSSR count). The summed E-state index contributed by atoms with van der Waals surface area (Å²) in [6, 6.07) is 40.9. The zero-order valence-corrected chi connectivity index (χ0v) is 85.8. The highest BCUT2D eigenvalue weighted by Crippen LogP contribution is 2.58. The average Bonchev–Trinajstić information content (AvgIpc) is 1.49. The van der Waals surface area contributed by atoms with Gasteiger partial charge in [-0.15, -0.1) is 0 Å². The maximum Gasteiger partial charge on any atom is 0.334 e. The van der Waals surface area contributed by atoms with Crippen molar-refractivity contribution in [1.82, 2.24) is 59.2 Å². The summed E-state index contributed by atoms with van der Waals surface area (Å²) < 4.78 is 48.9. The quantitative estimate of drug-likeness (QED) is 0.0259. The number of nitrogens with one attached hydrogen (secondary N) is 5. The Balaban J connectivity index is 0.000000141. The zero-order chi connectivity index (χ0) is 106. The van der Waals surface area contributed by atoms with Crippen LogP contribution >= 0.6 is 0 Å². The van der Waals surface area contributed by atoms with Crippen LogP contribution in [0.1, 0.15) is 202 Å². The van der Waals surface area contributed by atoms with E-state index in [9.17, 15) is 58.2 Å². The fourth-order valence-corrected chi connectivity index (χ4v) is 23.7. The molecule has 1 fully saturated rings. The Hall–Kier alpha value is -16.7. The van der Waals surface area contributed by atoms with E-state index in [1.54, 1.807) is 43.6 Å². The molecule has 0 radical (unpaired) electrons. The first-order valence-corrected chi connectivity index (χ1v) is 49.2. The van der Waals surface area contributed by atoms with Gasteiger partial charge in [0.25, 0.3) is 11.8 Å². The second kappa shape index (κ2) is 39.2. The van der Waals surface area contributed by atoms with E-state index in [4.69, 9.17) is 57.8 Å². The van der Waals surface area contributed by atoms with E-state index in [-0.39, 0.29) is 79.5 Å². The van der Waals surface area contributed by atoms with E-state index in [0.717, 1.165) is 144 Å². The molecule has 4 aromatic carbocycles. The minimum atomic E-state index is -1.18. The van der Waals surface area contributed by atoms with Gasteiger partial charge in [0.1, 0.15) is 24.2 Å². The molecule has 0 unspecified atom stereocenters. The number of hydrogen-bond donors (Lipinski definition) is 7. The highest BCUT2D eigenvalue weighted by atomic mass is 16.6. The van der Waals surface area contributed by atoms with Gasteiger partial charge in [-0.05, 0) is 233 Å². The van der Waals surface area contributed by atoms with Crippen molar-refractivity contribution in [2.75, 3.05) is 56.8 Å². The molecule has 2 aliphatic carbocycles. The summed E-state index contributed by atoms with van der Waals surface area (Å²) in [6.07, 6.45) is 11.2. The molecule has 32 heteroatoms. The molecule has 8 aromatic heterocycles. The highest BCUT2D eigenvalue weighted by Gasteiger charge is 2.58. The first-order valence-electron chi connectivity index (χ1n) is 49.2. The van der Waals surface area contributed by atoms with Crippen LogP contribution < -0.4 is 5.32 Å². The lowest BCUT2D eigenvalue weighted by Gasteiger charge is -2.50. The van der Waals surface area contributed by atoms with Gasteiger partial charge in [-0.25, -0.2) is 19.6 Å². The molecular formula is C117H114N12O20. The number of ether oxygens (including phenoxy) is 8. The lowest BCUT2D eigenvalue weighted by Crippen LogP contribution is -2.61. The first-order chi connectivity index (χ1) is 71.5. The van der Waals surface area contributed by atoms with Crippen molar-refractivity contribution in [3.63, 3.8) is 0 Å². The second-order valence-corrected chi connectivity index (χ2v) is 39.1. The van der Waals surface area contributed by atoms with Gasteiger partial charge in [0.05, 0.1) is 144 Å². The van der Waals surface area contributed by atoms with Gasteiger partial charge < -0.3 is 87.4 Å². The van der Waals surface area contributed by atoms with Crippen LogP contribution in [-0.4, -0.2) is 193 Å². The van der Waals surface area contributed by atoms with E-state index in [0.29, 0.717) is 110 Å². The normalized spacial score (nSPS) is 19.6. The third kappa shape index (κ3) is 16.6. The maximum atomic E-state index is 13.9. The summed E-state index contributed by atoms with van der Waals surface area (Å²) in [5, 5.41) is 26.5. The van der Waals surface area contributed by atoms with Crippen LogP contribution in [0.3, 0.4) is 0 Å². The van der Waals surface area contributed by atoms with Crippen molar-refractivity contribution >= 4 is 193 Å². The van der Waals surface area contributed by atoms with E-state index in [1.807, 2.05) is 170 Å². The number of carbonyl (C=O) groups is 10. The molecule has 7 aliphatic heterocycles. The van der Waals surface area contributed by atoms with Gasteiger partial charge >= 0.3 is 47.8 Å². The number of aromatic amines is 4. The number of hydrogen-bond acceptors (Lipinski definition) is 22. The van der Waals surface area contributed by atoms with Gasteiger partial charge in [-0.3, -0.25) is 48.3 Å². The Labute approximate surface area is 856 Å². The molecule has 0 saturated carbocycles. The summed E-state index contributed by atoms with van der Waals surface area (Å²) in [7, 11) is 11.4. The Kier molecular flexibility index (Phi) is 26.6. The van der Waals surface area contributed by atoms with Crippen LogP contribution in [0.2, 0.25) is 0 Å². The van der Waals surface area contributed by atoms with Gasteiger partial charge in [0, 0.05) is 135 Å². The highest BCUT2D eigenvalue weighted by molar-refractivity contribution is 6.31. The molecule has 32 nitrogen and oxygen atoms in total. The molecule has 15 heterocycles. The number of aromatic nitrogens is 10. The van der Waals surface area contributed by atoms with Gasteiger partial charge in [-0.1, -0.05) is 104 Å². The fraction of sp³-hybridized carbons (Fsp3) is 0.299. The number of aryl methyl sites for hydroxylation is 6. The van der Waals surface area contributed by atoms with Crippen molar-refractivity contribution in [2.24, 2.45) is 11.8 Å². The fourth-order valence-electron chi connectivity index (χ4n) is 23.7. The zero-order valence-electron chi connectivity index (χ0n) is 85.8. The number of carboxylic acid groups (broad SMARTS) is 2. The summed E-state index contributed by atoms with van der Waals surface area (Å²) >= 11 is 0. The number of nitrogens with zero attached hydrogens (tertiary/aromatic N) is 7. The standard InChI is InChI=1S/2C41H42N4O8.C35H30N4O4/c1-9-23-20(2)29-17-34-27-13-10-26(39(49)52-7)38(40(50)53-8)41(27,5)35(45-34)19-30-22(4)24(11-14-36(46)47)32(44-30)18-33-25(12-15-37(48)51-6)21(3)28(43-33)16-31(23)42-29;1-9-23-20(2)29-17-34-27-13-10-26(39(49)52-7)38(40(50)53-8)41(27,5)35(45-34)19-30-22(4)25(12-15-37(48)51-6)33(44-30)18-32-24(11-14-36(46)47)21(3)28(43-32)16-31(23)42-29;1-35-32(42-3)25(37(2)34(41)19-11-5-4-6-12-19)17-26(43-35)38-23-15-9-7-13-20(23)28-29-22(18-36-33(29)40)27-21-14-8-10-16-24(21)39(35)31(27)30(28)38/h2*9-10,13,16-19,38,42,44H,1,11-12,14-15H2,2-8H3,(H,46,47);4-16,25-26,32H,17-18H2,1-3H3,(H,36,40)/t2*38-,41+;25-,26-,32-,35+/m001/s1. The minimum Gasteiger partial charge on any atom is -0.481 e. The lowest BCUT2D eigenvalue weighted by molar-refractivity contribution is -0.264. The van der Waals surface area contributed by atoms with Crippen LogP contribution in [0.25, 0.3) is 133 Å². The van der Waals surface area contributed by atoms with Crippen molar-refractivity contribution < 1.29 is 96.1 Å². The van der Waals surface area contributed by atoms with Crippen molar-refractivity contribution in [3.8, 4) is 0 Å². The Morgan fingerprint density at radius 1 is 0.490 bits per heavy atom. The number of H-pyrrole nitrogens is 4. The smallest absolute Gasteiger partial charge is 0.334 e. The van der Waals surface area contributed by atoms with Crippen LogP contribution in [-0.2, 0) is 112 Å². The Morgan fingerprint density at radius 2 is 0.926 bits per heavy atom. The van der Waals surface area contributed by atoms with E-state index in [2.05, 4.69) is 78.7 Å². The van der Waals surface area contributed by atoms with Crippen molar-refractivity contribution in [2.45, 2.75) is 162 Å². The SMILES string of the molecule is C=Cc1c(C)c2cc3nc(cc4[nH]c(cc5nc(cc1[nH]2)C(C)=C5CCC(=O)O)c(CCC(=O)OC)c4C)[C@@]1(C)C3=CC=C(C(=O)OC)[C@H]1C(=O)OC.C=Cc1c(C)c2cc3nc(cc4[nH]c(cc5nc(cc1[nH]2)C(C)=C5CCC(=O)OC)c(CCC(=O)O)c4C)[C@@]1(C)C3=CC=C(C(=O)OC)[C@H]1C(=O)OC.CO[C@@H]1[C@H](N(C)C(=O)c2ccccc2)C[C@H]2O[C@]1(C)n1c3ccccc3c3c4c(c5c6ccccc6n2c5c31)C(=O)NC4. The molecule has 12 aromatic rings. The molecule has 8 atom stereocenters. The van der Waals surface area contributed by atoms with E-state index >= 15 is 0 Å². The molecule has 1 saturated heterocycles. The summed E-state index contributed by atoms with van der Waals surface area (Å²) in [6.45, 7) is 26.1. The van der Waals surface area contributed by atoms with Crippen LogP contribution in [0.15, 0.2) is 176 Å². The third-order valence-electron chi connectivity index (χ3n) is 31.5. The average molecular weight is 2010 g/mol. The molecule has 149 heavy (non-hydrogen) atoms. The Bertz CT molecular complexity index is 8470. The molecule has 2 amide bonds. The molecule has 762 valence electrons. The summed E-state index contributed by atoms with van der Waals surface area (Å²) in [4.78, 5) is 165. The molecular weight excluding hydrogens is 1890 g/mol. The summed E-state index contributed by atoms with van der Waals surface area (Å²) in [5.41, 5.74) is 25.3. The minimum absolute atomic E-state index is 0.0446. The predicted molar refractivity (Wildman–Crippen MR) is 568 cm³/mol. The number of allylic oxidation sites excluding steroid dienone is 10. The third-order valence-corrected chi connectivity index (χ3v) is 31.5. The van der Waals surface area contributed by atoms with Gasteiger partial charge in [0.15, 0.2) is 5.72 Å². The number of methoxy groups -OCH3 is 7. The van der Waals surface area contributed by atoms with Crippen molar-refractivity contribution in [3.05, 3.63) is 283 Å². The number of carboxylic acids is 2.